The molecule has 1 unspecified atom stereocenters. The minimum absolute atomic E-state index is 0.122. The molecule has 1 fully saturated rings. The SMILES string of the molecule is CN(Cc1cccc(NC(=O)CCC2CCNC2)c1)C(=O)C(F)(F)F. The van der Waals surface area contributed by atoms with E-state index in [1.807, 2.05) is 0 Å². The molecule has 1 saturated heterocycles. The molecule has 2 rings (SSSR count). The molecule has 0 aromatic heterocycles. The monoisotopic (exact) mass is 357 g/mol. The molecule has 1 aliphatic rings. The van der Waals surface area contributed by atoms with Crippen molar-refractivity contribution in [2.24, 2.45) is 5.92 Å². The van der Waals surface area contributed by atoms with Crippen LogP contribution >= 0.6 is 0 Å². The van der Waals surface area contributed by atoms with Gasteiger partial charge in [0.2, 0.25) is 5.91 Å². The topological polar surface area (TPSA) is 61.4 Å². The van der Waals surface area contributed by atoms with Crippen molar-refractivity contribution < 1.29 is 22.8 Å². The lowest BCUT2D eigenvalue weighted by Crippen LogP contribution is -2.37. The van der Waals surface area contributed by atoms with Gasteiger partial charge < -0.3 is 15.5 Å². The highest BCUT2D eigenvalue weighted by Crippen LogP contribution is 2.20. The van der Waals surface area contributed by atoms with Gasteiger partial charge >= 0.3 is 12.1 Å². The Hall–Kier alpha value is -2.09. The summed E-state index contributed by atoms with van der Waals surface area (Å²) in [6.45, 7) is 1.73. The van der Waals surface area contributed by atoms with Gasteiger partial charge in [-0.3, -0.25) is 9.59 Å². The number of anilines is 1. The highest BCUT2D eigenvalue weighted by atomic mass is 19.4. The van der Waals surface area contributed by atoms with Gasteiger partial charge in [0, 0.05) is 25.7 Å². The molecule has 0 bridgehead atoms. The average molecular weight is 357 g/mol. The fraction of sp³-hybridized carbons (Fsp3) is 0.529. The number of carbonyl (C=O) groups is 2. The lowest BCUT2D eigenvalue weighted by molar-refractivity contribution is -0.184. The molecule has 1 aliphatic heterocycles. The van der Waals surface area contributed by atoms with Crippen LogP contribution in [-0.2, 0) is 16.1 Å². The van der Waals surface area contributed by atoms with E-state index < -0.39 is 12.1 Å². The van der Waals surface area contributed by atoms with Gasteiger partial charge in [0.05, 0.1) is 0 Å². The summed E-state index contributed by atoms with van der Waals surface area (Å²) in [6.07, 6.45) is -2.61. The van der Waals surface area contributed by atoms with Gasteiger partial charge in [-0.2, -0.15) is 13.2 Å². The summed E-state index contributed by atoms with van der Waals surface area (Å²) >= 11 is 0. The molecule has 8 heteroatoms. The van der Waals surface area contributed by atoms with Crippen molar-refractivity contribution >= 4 is 17.5 Å². The zero-order chi connectivity index (χ0) is 18.4. The van der Waals surface area contributed by atoms with E-state index in [1.165, 1.54) is 0 Å². The Labute approximate surface area is 144 Å². The van der Waals surface area contributed by atoms with Gasteiger partial charge in [-0.05, 0) is 49.5 Å². The maximum Gasteiger partial charge on any atom is 0.471 e. The minimum Gasteiger partial charge on any atom is -0.334 e. The average Bonchev–Trinajstić information content (AvgIpc) is 3.05. The quantitative estimate of drug-likeness (QED) is 0.823. The number of nitrogens with zero attached hydrogens (tertiary/aromatic N) is 1. The first kappa shape index (κ1) is 19.2. The molecule has 2 amide bonds. The summed E-state index contributed by atoms with van der Waals surface area (Å²) in [6, 6.07) is 6.50. The molecule has 1 aromatic rings. The Morgan fingerprint density at radius 2 is 2.12 bits per heavy atom. The van der Waals surface area contributed by atoms with Crippen molar-refractivity contribution in [2.75, 3.05) is 25.5 Å². The zero-order valence-electron chi connectivity index (χ0n) is 14.0. The third kappa shape index (κ3) is 6.04. The largest absolute Gasteiger partial charge is 0.471 e. The van der Waals surface area contributed by atoms with Crippen LogP contribution in [0.15, 0.2) is 24.3 Å². The lowest BCUT2D eigenvalue weighted by atomic mass is 10.0. The van der Waals surface area contributed by atoms with E-state index in [2.05, 4.69) is 10.6 Å². The van der Waals surface area contributed by atoms with Crippen LogP contribution in [0.5, 0.6) is 0 Å². The van der Waals surface area contributed by atoms with Crippen molar-refractivity contribution in [1.29, 1.82) is 0 Å². The predicted molar refractivity (Wildman–Crippen MR) is 87.8 cm³/mol. The molecule has 138 valence electrons. The first-order valence-electron chi connectivity index (χ1n) is 8.17. The molecule has 0 spiro atoms. The molecule has 1 heterocycles. The number of benzene rings is 1. The number of halogens is 3. The van der Waals surface area contributed by atoms with Crippen LogP contribution < -0.4 is 10.6 Å². The number of hydrogen-bond donors (Lipinski definition) is 2. The molecular weight excluding hydrogens is 335 g/mol. The number of nitrogens with one attached hydrogen (secondary N) is 2. The molecular formula is C17H22F3N3O2. The highest BCUT2D eigenvalue weighted by Gasteiger charge is 2.41. The van der Waals surface area contributed by atoms with Crippen molar-refractivity contribution in [3.63, 3.8) is 0 Å². The van der Waals surface area contributed by atoms with Gasteiger partial charge in [0.15, 0.2) is 0 Å². The van der Waals surface area contributed by atoms with Crippen molar-refractivity contribution in [1.82, 2.24) is 10.2 Å². The standard InChI is InChI=1S/C17H22F3N3O2/c1-23(16(25)17(18,19)20)11-13-3-2-4-14(9-13)22-15(24)6-5-12-7-8-21-10-12/h2-4,9,12,21H,5-8,10-11H2,1H3,(H,22,24). The van der Waals surface area contributed by atoms with E-state index in [4.69, 9.17) is 0 Å². The Morgan fingerprint density at radius 1 is 1.36 bits per heavy atom. The van der Waals surface area contributed by atoms with Gasteiger partial charge in [0.25, 0.3) is 0 Å². The van der Waals surface area contributed by atoms with Crippen LogP contribution in [-0.4, -0.2) is 43.0 Å². The van der Waals surface area contributed by atoms with Crippen molar-refractivity contribution in [3.8, 4) is 0 Å². The summed E-state index contributed by atoms with van der Waals surface area (Å²) in [4.78, 5) is 23.8. The Kier molecular flexibility index (Phi) is 6.41. The Balaban J connectivity index is 1.87. The Bertz CT molecular complexity index is 613. The number of hydrogen-bond acceptors (Lipinski definition) is 3. The van der Waals surface area contributed by atoms with E-state index in [0.29, 0.717) is 28.5 Å². The zero-order valence-corrected chi connectivity index (χ0v) is 14.0. The van der Waals surface area contributed by atoms with Crippen LogP contribution in [0.3, 0.4) is 0 Å². The second-order valence-corrected chi connectivity index (χ2v) is 6.31. The third-order valence-electron chi connectivity index (χ3n) is 4.16. The van der Waals surface area contributed by atoms with E-state index >= 15 is 0 Å². The second-order valence-electron chi connectivity index (χ2n) is 6.31. The normalized spacial score (nSPS) is 17.4. The fourth-order valence-corrected chi connectivity index (χ4v) is 2.83. The maximum atomic E-state index is 12.4. The number of amides is 2. The maximum absolute atomic E-state index is 12.4. The first-order chi connectivity index (χ1) is 11.8. The van der Waals surface area contributed by atoms with Crippen molar-refractivity contribution in [2.45, 2.75) is 32.0 Å². The fourth-order valence-electron chi connectivity index (χ4n) is 2.83. The molecule has 0 saturated carbocycles. The minimum atomic E-state index is -4.89. The van der Waals surface area contributed by atoms with Crippen molar-refractivity contribution in [3.05, 3.63) is 29.8 Å². The van der Waals surface area contributed by atoms with Crippen LogP contribution in [0, 0.1) is 5.92 Å². The summed E-state index contributed by atoms with van der Waals surface area (Å²) in [5.74, 6) is -1.50. The van der Waals surface area contributed by atoms with E-state index in [1.54, 1.807) is 24.3 Å². The summed E-state index contributed by atoms with van der Waals surface area (Å²) < 4.78 is 37.2. The van der Waals surface area contributed by atoms with Crippen LogP contribution in [0.4, 0.5) is 18.9 Å². The lowest BCUT2D eigenvalue weighted by Gasteiger charge is -2.19. The molecule has 2 N–H and O–H groups in total. The van der Waals surface area contributed by atoms with E-state index in [9.17, 15) is 22.8 Å². The van der Waals surface area contributed by atoms with E-state index in [0.717, 1.165) is 33.0 Å². The molecule has 1 aromatic carbocycles. The number of alkyl halides is 3. The summed E-state index contributed by atoms with van der Waals surface area (Å²) in [5.41, 5.74) is 1.03. The van der Waals surface area contributed by atoms with Crippen LogP contribution in [0.25, 0.3) is 0 Å². The first-order valence-corrected chi connectivity index (χ1v) is 8.17. The van der Waals surface area contributed by atoms with Gasteiger partial charge in [-0.25, -0.2) is 0 Å². The molecule has 25 heavy (non-hydrogen) atoms. The van der Waals surface area contributed by atoms with Gasteiger partial charge in [-0.15, -0.1) is 0 Å². The smallest absolute Gasteiger partial charge is 0.334 e. The van der Waals surface area contributed by atoms with Gasteiger partial charge in [-0.1, -0.05) is 12.1 Å². The number of carbonyl (C=O) groups excluding carboxylic acids is 2. The molecule has 5 nitrogen and oxygen atoms in total. The predicted octanol–water partition coefficient (Wildman–Crippen LogP) is 2.54. The highest BCUT2D eigenvalue weighted by molar-refractivity contribution is 5.90. The summed E-state index contributed by atoms with van der Waals surface area (Å²) in [5, 5.41) is 6.00. The Morgan fingerprint density at radius 3 is 2.76 bits per heavy atom. The molecule has 1 atom stereocenters. The second kappa shape index (κ2) is 8.33. The van der Waals surface area contributed by atoms with E-state index in [-0.39, 0.29) is 12.5 Å². The third-order valence-corrected chi connectivity index (χ3v) is 4.16. The molecule has 0 aliphatic carbocycles. The summed E-state index contributed by atoms with van der Waals surface area (Å²) in [7, 11) is 1.09. The molecule has 0 radical (unpaired) electrons. The van der Waals surface area contributed by atoms with Gasteiger partial charge in [0.1, 0.15) is 0 Å². The number of rotatable bonds is 6. The van der Waals surface area contributed by atoms with Crippen LogP contribution in [0.1, 0.15) is 24.8 Å². The van der Waals surface area contributed by atoms with Crippen LogP contribution in [0.2, 0.25) is 0 Å².